The molecule has 10 heavy (non-hydrogen) atoms. The highest BCUT2D eigenvalue weighted by atomic mass is 16.5. The second-order valence-electron chi connectivity index (χ2n) is 2.43. The molecule has 1 aromatic rings. The minimum absolute atomic E-state index is 0.406. The maximum absolute atomic E-state index is 4.91. The van der Waals surface area contributed by atoms with E-state index in [1.165, 1.54) is 0 Å². The van der Waals surface area contributed by atoms with E-state index >= 15 is 0 Å². The number of methoxy groups -OCH3 is 1. The molecule has 3 heteroatoms. The molecule has 56 valence electrons. The van der Waals surface area contributed by atoms with E-state index in [1.54, 1.807) is 7.11 Å². The van der Waals surface area contributed by atoms with Gasteiger partial charge in [-0.2, -0.15) is 0 Å². The van der Waals surface area contributed by atoms with Crippen molar-refractivity contribution in [3.63, 3.8) is 0 Å². The van der Waals surface area contributed by atoms with Crippen LogP contribution in [-0.4, -0.2) is 16.9 Å². The molecule has 0 saturated carbocycles. The molecule has 0 atom stereocenters. The van der Waals surface area contributed by atoms with Crippen LogP contribution in [0.3, 0.4) is 0 Å². The molecule has 0 spiro atoms. The van der Waals surface area contributed by atoms with Crippen LogP contribution in [0.2, 0.25) is 0 Å². The van der Waals surface area contributed by atoms with Crippen molar-refractivity contribution in [1.29, 1.82) is 0 Å². The van der Waals surface area contributed by atoms with E-state index in [2.05, 4.69) is 18.9 Å². The van der Waals surface area contributed by atoms with E-state index in [0.29, 0.717) is 11.9 Å². The van der Waals surface area contributed by atoms with Crippen LogP contribution < -0.4 is 4.74 Å². The third-order valence-corrected chi connectivity index (χ3v) is 1.32. The maximum atomic E-state index is 4.91. The Kier molecular flexibility index (Phi) is 1.94. The highest BCUT2D eigenvalue weighted by Crippen LogP contribution is 2.08. The third-order valence-electron chi connectivity index (χ3n) is 1.32. The molecule has 0 aliphatic heterocycles. The molecule has 0 aliphatic carbocycles. The minimum atomic E-state index is 0.406. The third kappa shape index (κ3) is 1.29. The Hall–Kier alpha value is -0.990. The molecule has 1 heterocycles. The van der Waals surface area contributed by atoms with Gasteiger partial charge in [-0.1, -0.05) is 0 Å². The zero-order chi connectivity index (χ0) is 7.56. The molecule has 0 aliphatic rings. The van der Waals surface area contributed by atoms with Gasteiger partial charge >= 0.3 is 0 Å². The quantitative estimate of drug-likeness (QED) is 0.622. The van der Waals surface area contributed by atoms with E-state index in [-0.39, 0.29) is 0 Å². The standard InChI is InChI=1S/C7H12N2O/c1-6(2)9-5-4-7(8-9)10-3/h4-6H,1-3H3. The van der Waals surface area contributed by atoms with Gasteiger partial charge in [0.1, 0.15) is 0 Å². The van der Waals surface area contributed by atoms with Gasteiger partial charge in [0.25, 0.3) is 0 Å². The monoisotopic (exact) mass is 140 g/mol. The zero-order valence-electron chi connectivity index (χ0n) is 6.53. The first-order valence-electron chi connectivity index (χ1n) is 3.33. The first kappa shape index (κ1) is 7.12. The lowest BCUT2D eigenvalue weighted by atomic mass is 10.4. The van der Waals surface area contributed by atoms with Gasteiger partial charge in [-0.15, -0.1) is 5.10 Å². The van der Waals surface area contributed by atoms with E-state index < -0.39 is 0 Å². The Morgan fingerprint density at radius 3 is 2.60 bits per heavy atom. The predicted octanol–water partition coefficient (Wildman–Crippen LogP) is 1.47. The molecule has 0 fully saturated rings. The summed E-state index contributed by atoms with van der Waals surface area (Å²) in [5.74, 6) is 0.675. The van der Waals surface area contributed by atoms with Crippen LogP contribution in [0.4, 0.5) is 0 Å². The summed E-state index contributed by atoms with van der Waals surface area (Å²) < 4.78 is 6.77. The minimum Gasteiger partial charge on any atom is -0.480 e. The van der Waals surface area contributed by atoms with Crippen LogP contribution in [0.1, 0.15) is 19.9 Å². The first-order chi connectivity index (χ1) is 4.74. The molecule has 0 unspecified atom stereocenters. The summed E-state index contributed by atoms with van der Waals surface area (Å²) in [6.07, 6.45) is 1.91. The average Bonchev–Trinajstić information content (AvgIpc) is 2.34. The molecule has 0 amide bonds. The summed E-state index contributed by atoms with van der Waals surface area (Å²) in [5, 5.41) is 4.12. The number of ether oxygens (including phenoxy) is 1. The lowest BCUT2D eigenvalue weighted by Crippen LogP contribution is -2.00. The van der Waals surface area contributed by atoms with E-state index in [1.807, 2.05) is 16.9 Å². The van der Waals surface area contributed by atoms with E-state index in [9.17, 15) is 0 Å². The van der Waals surface area contributed by atoms with Crippen molar-refractivity contribution in [3.8, 4) is 5.88 Å². The highest BCUT2D eigenvalue weighted by Gasteiger charge is 1.99. The largest absolute Gasteiger partial charge is 0.480 e. The molecule has 3 nitrogen and oxygen atoms in total. The summed E-state index contributed by atoms with van der Waals surface area (Å²) in [4.78, 5) is 0. The molecular formula is C7H12N2O. The van der Waals surface area contributed by atoms with Crippen LogP contribution >= 0.6 is 0 Å². The second kappa shape index (κ2) is 2.73. The molecule has 1 aromatic heterocycles. The van der Waals surface area contributed by atoms with Gasteiger partial charge in [0.2, 0.25) is 5.88 Å². The van der Waals surface area contributed by atoms with Gasteiger partial charge < -0.3 is 4.74 Å². The first-order valence-corrected chi connectivity index (χ1v) is 3.33. The number of aromatic nitrogens is 2. The van der Waals surface area contributed by atoms with Gasteiger partial charge in [-0.05, 0) is 13.8 Å². The molecule has 0 aromatic carbocycles. The van der Waals surface area contributed by atoms with Gasteiger partial charge in [-0.3, -0.25) is 4.68 Å². The summed E-state index contributed by atoms with van der Waals surface area (Å²) in [6, 6.07) is 2.25. The lowest BCUT2D eigenvalue weighted by molar-refractivity contribution is 0.383. The number of hydrogen-bond donors (Lipinski definition) is 0. The van der Waals surface area contributed by atoms with Crippen LogP contribution in [0.25, 0.3) is 0 Å². The number of rotatable bonds is 2. The topological polar surface area (TPSA) is 27.1 Å². The summed E-state index contributed by atoms with van der Waals surface area (Å²) in [7, 11) is 1.62. The van der Waals surface area contributed by atoms with Crippen molar-refractivity contribution in [2.24, 2.45) is 0 Å². The Morgan fingerprint density at radius 1 is 1.60 bits per heavy atom. The lowest BCUT2D eigenvalue weighted by Gasteiger charge is -2.02. The van der Waals surface area contributed by atoms with Crippen LogP contribution in [0.15, 0.2) is 12.3 Å². The predicted molar refractivity (Wildman–Crippen MR) is 39.2 cm³/mol. The van der Waals surface area contributed by atoms with Gasteiger partial charge in [0.15, 0.2) is 0 Å². The molecule has 0 bridgehead atoms. The summed E-state index contributed by atoms with van der Waals surface area (Å²) >= 11 is 0. The summed E-state index contributed by atoms with van der Waals surface area (Å²) in [5.41, 5.74) is 0. The Balaban J connectivity index is 2.78. The van der Waals surface area contributed by atoms with Crippen molar-refractivity contribution in [3.05, 3.63) is 12.3 Å². The Bertz CT molecular complexity index is 205. The molecular weight excluding hydrogens is 128 g/mol. The Morgan fingerprint density at radius 2 is 2.30 bits per heavy atom. The molecule has 0 N–H and O–H groups in total. The second-order valence-corrected chi connectivity index (χ2v) is 2.43. The van der Waals surface area contributed by atoms with E-state index in [0.717, 1.165) is 0 Å². The van der Waals surface area contributed by atoms with Crippen LogP contribution in [0.5, 0.6) is 5.88 Å². The molecule has 0 saturated heterocycles. The number of hydrogen-bond acceptors (Lipinski definition) is 2. The van der Waals surface area contributed by atoms with Crippen molar-refractivity contribution >= 4 is 0 Å². The van der Waals surface area contributed by atoms with Crippen LogP contribution in [-0.2, 0) is 0 Å². The highest BCUT2D eigenvalue weighted by molar-refractivity contribution is 5.05. The van der Waals surface area contributed by atoms with Crippen molar-refractivity contribution < 1.29 is 4.74 Å². The van der Waals surface area contributed by atoms with Crippen molar-refractivity contribution in [2.75, 3.05) is 7.11 Å². The van der Waals surface area contributed by atoms with Gasteiger partial charge in [0, 0.05) is 18.3 Å². The van der Waals surface area contributed by atoms with Crippen molar-refractivity contribution in [1.82, 2.24) is 9.78 Å². The smallest absolute Gasteiger partial charge is 0.232 e. The van der Waals surface area contributed by atoms with Crippen LogP contribution in [0, 0.1) is 0 Å². The number of nitrogens with zero attached hydrogens (tertiary/aromatic N) is 2. The van der Waals surface area contributed by atoms with E-state index in [4.69, 9.17) is 4.74 Å². The van der Waals surface area contributed by atoms with Gasteiger partial charge in [0.05, 0.1) is 7.11 Å². The summed E-state index contributed by atoms with van der Waals surface area (Å²) in [6.45, 7) is 4.15. The fourth-order valence-electron chi connectivity index (χ4n) is 0.717. The fraction of sp³-hybridized carbons (Fsp3) is 0.571. The Labute approximate surface area is 60.6 Å². The fourth-order valence-corrected chi connectivity index (χ4v) is 0.717. The van der Waals surface area contributed by atoms with Gasteiger partial charge in [-0.25, -0.2) is 0 Å². The normalized spacial score (nSPS) is 10.4. The molecule has 0 radical (unpaired) electrons. The SMILES string of the molecule is COc1ccn(C(C)C)n1. The average molecular weight is 140 g/mol. The zero-order valence-corrected chi connectivity index (χ0v) is 6.53. The van der Waals surface area contributed by atoms with Crippen molar-refractivity contribution in [2.45, 2.75) is 19.9 Å². The maximum Gasteiger partial charge on any atom is 0.232 e. The molecule has 1 rings (SSSR count).